The van der Waals surface area contributed by atoms with Gasteiger partial charge in [0, 0.05) is 6.20 Å². The van der Waals surface area contributed by atoms with Crippen molar-refractivity contribution in [1.82, 2.24) is 4.90 Å². The summed E-state index contributed by atoms with van der Waals surface area (Å²) < 4.78 is 6.61. The van der Waals surface area contributed by atoms with Gasteiger partial charge in [-0.2, -0.15) is 0 Å². The molecule has 8 heteroatoms. The van der Waals surface area contributed by atoms with Gasteiger partial charge in [0.05, 0.1) is 9.68 Å². The molecule has 2 heterocycles. The molecule has 4 atom stereocenters. The SMILES string of the molecule is C=C1N=C(N)C(I)=CN1C1O[C@H](CCP(=C)(C)C)[C@@H](O)[C@H]1O. The molecule has 2 rings (SSSR count). The van der Waals surface area contributed by atoms with Crippen molar-refractivity contribution in [2.75, 3.05) is 19.5 Å². The van der Waals surface area contributed by atoms with Crippen molar-refractivity contribution in [2.24, 2.45) is 10.7 Å². The lowest BCUT2D eigenvalue weighted by molar-refractivity contribution is -0.0578. The lowest BCUT2D eigenvalue weighted by Gasteiger charge is -2.31. The second-order valence-electron chi connectivity index (χ2n) is 6.29. The zero-order valence-corrected chi connectivity index (χ0v) is 15.9. The molecular formula is C14H23IN3O3P. The standard InChI is InChI=1S/C14H23IN3O3P/c1-8-17-13(16)9(15)7-18(8)14-12(20)11(19)10(21-14)5-6-22(2,3)4/h7,10-12,14,19-20H,1-2,5-6H2,3-4H3,(H2,16,17)/t10-,11-,12-,14?/m1/s1. The van der Waals surface area contributed by atoms with E-state index < -0.39 is 31.4 Å². The van der Waals surface area contributed by atoms with Crippen LogP contribution >= 0.6 is 29.5 Å². The maximum Gasteiger partial charge on any atom is 0.164 e. The second kappa shape index (κ2) is 6.65. The van der Waals surface area contributed by atoms with Crippen molar-refractivity contribution in [3.8, 4) is 0 Å². The number of halogens is 1. The van der Waals surface area contributed by atoms with E-state index in [2.05, 4.69) is 53.8 Å². The molecule has 0 amide bonds. The Labute approximate surface area is 144 Å². The van der Waals surface area contributed by atoms with Crippen LogP contribution < -0.4 is 5.73 Å². The molecule has 1 fully saturated rings. The first-order chi connectivity index (χ1) is 10.1. The number of nitrogens with two attached hydrogens (primary N) is 1. The molecular weight excluding hydrogens is 416 g/mol. The Hall–Kier alpha value is -0.340. The van der Waals surface area contributed by atoms with Crippen LogP contribution in [0.4, 0.5) is 0 Å². The average Bonchev–Trinajstić information content (AvgIpc) is 2.68. The van der Waals surface area contributed by atoms with Crippen molar-refractivity contribution in [1.29, 1.82) is 0 Å². The summed E-state index contributed by atoms with van der Waals surface area (Å²) in [5.74, 6) is 0.773. The normalized spacial score (nSPS) is 33.0. The zero-order valence-electron chi connectivity index (χ0n) is 12.8. The van der Waals surface area contributed by atoms with Gasteiger partial charge in [0.2, 0.25) is 0 Å². The third-order valence-electron chi connectivity index (χ3n) is 3.67. The van der Waals surface area contributed by atoms with Gasteiger partial charge in [-0.25, -0.2) is 4.99 Å². The number of aliphatic imine (C=N–C) groups is 1. The van der Waals surface area contributed by atoms with Gasteiger partial charge in [-0.15, -0.1) is 13.2 Å². The summed E-state index contributed by atoms with van der Waals surface area (Å²) in [6.45, 7) is 6.90. The zero-order chi connectivity index (χ0) is 16.7. The summed E-state index contributed by atoms with van der Waals surface area (Å²) in [7, 11) is 0. The minimum atomic E-state index is -1.20. The first-order valence-corrected chi connectivity index (χ1v) is 11.1. The Balaban J connectivity index is 2.10. The minimum Gasteiger partial charge on any atom is -0.388 e. The van der Waals surface area contributed by atoms with Crippen molar-refractivity contribution < 1.29 is 14.9 Å². The summed E-state index contributed by atoms with van der Waals surface area (Å²) in [6, 6.07) is 0. The van der Waals surface area contributed by atoms with Gasteiger partial charge < -0.3 is 25.6 Å². The molecule has 0 aromatic rings. The molecule has 0 spiro atoms. The Kier molecular flexibility index (Phi) is 5.44. The fourth-order valence-corrected chi connectivity index (χ4v) is 3.78. The highest BCUT2D eigenvalue weighted by Crippen LogP contribution is 2.39. The van der Waals surface area contributed by atoms with Gasteiger partial charge in [0.1, 0.15) is 23.9 Å². The molecule has 1 unspecified atom stereocenters. The topological polar surface area (TPSA) is 91.3 Å². The van der Waals surface area contributed by atoms with Crippen LogP contribution in [0, 0.1) is 0 Å². The molecule has 2 aliphatic rings. The Bertz CT molecular complexity index is 572. The number of nitrogens with zero attached hydrogens (tertiary/aromatic N) is 2. The third-order valence-corrected chi connectivity index (χ3v) is 5.98. The fraction of sp³-hybridized carbons (Fsp3) is 0.571. The molecule has 124 valence electrons. The van der Waals surface area contributed by atoms with E-state index in [1.54, 1.807) is 11.1 Å². The fourth-order valence-electron chi connectivity index (χ4n) is 2.41. The maximum atomic E-state index is 10.3. The van der Waals surface area contributed by atoms with E-state index in [0.29, 0.717) is 18.1 Å². The summed E-state index contributed by atoms with van der Waals surface area (Å²) in [4.78, 5) is 5.75. The number of amidine groups is 1. The molecule has 2 aliphatic heterocycles. The second-order valence-corrected chi connectivity index (χ2v) is 11.8. The summed E-state index contributed by atoms with van der Waals surface area (Å²) in [6.07, 6.45) is 4.38. The van der Waals surface area contributed by atoms with Crippen molar-refractivity contribution in [3.05, 3.63) is 22.2 Å². The first-order valence-electron chi connectivity index (χ1n) is 6.98. The highest BCUT2D eigenvalue weighted by Gasteiger charge is 2.45. The van der Waals surface area contributed by atoms with E-state index in [1.165, 1.54) is 0 Å². The molecule has 0 bridgehead atoms. The van der Waals surface area contributed by atoms with Crippen LogP contribution in [0.25, 0.3) is 0 Å². The minimum absolute atomic E-state index is 0.384. The lowest BCUT2D eigenvalue weighted by Crippen LogP contribution is -2.42. The van der Waals surface area contributed by atoms with Crippen LogP contribution in [0.1, 0.15) is 6.42 Å². The van der Waals surface area contributed by atoms with E-state index in [0.717, 1.165) is 9.74 Å². The van der Waals surface area contributed by atoms with Gasteiger partial charge in [0.15, 0.2) is 6.23 Å². The number of aliphatic hydroxyl groups excluding tert-OH is 2. The molecule has 0 radical (unpaired) electrons. The Morgan fingerprint density at radius 2 is 2.09 bits per heavy atom. The molecule has 6 nitrogen and oxygen atoms in total. The van der Waals surface area contributed by atoms with Crippen LogP contribution in [0.5, 0.6) is 0 Å². The van der Waals surface area contributed by atoms with E-state index in [9.17, 15) is 10.2 Å². The molecule has 22 heavy (non-hydrogen) atoms. The summed E-state index contributed by atoms with van der Waals surface area (Å²) >= 11 is 2.06. The number of rotatable bonds is 4. The van der Waals surface area contributed by atoms with E-state index in [4.69, 9.17) is 10.5 Å². The molecule has 0 aromatic carbocycles. The van der Waals surface area contributed by atoms with Crippen molar-refractivity contribution >= 4 is 41.6 Å². The van der Waals surface area contributed by atoms with Crippen molar-refractivity contribution in [3.63, 3.8) is 0 Å². The number of ether oxygens (including phenoxy) is 1. The van der Waals surface area contributed by atoms with Crippen LogP contribution in [-0.4, -0.2) is 71.3 Å². The van der Waals surface area contributed by atoms with Crippen LogP contribution in [0.3, 0.4) is 0 Å². The van der Waals surface area contributed by atoms with Crippen LogP contribution in [0.15, 0.2) is 27.2 Å². The van der Waals surface area contributed by atoms with E-state index in [-0.39, 0.29) is 0 Å². The van der Waals surface area contributed by atoms with Gasteiger partial charge in [-0.3, -0.25) is 0 Å². The number of hydrogen-bond donors (Lipinski definition) is 3. The van der Waals surface area contributed by atoms with E-state index in [1.807, 2.05) is 0 Å². The van der Waals surface area contributed by atoms with Gasteiger partial charge in [-0.1, -0.05) is 6.58 Å². The molecule has 4 N–H and O–H groups in total. The van der Waals surface area contributed by atoms with Gasteiger partial charge >= 0.3 is 0 Å². The maximum absolute atomic E-state index is 10.3. The third kappa shape index (κ3) is 3.94. The highest BCUT2D eigenvalue weighted by atomic mass is 127. The van der Waals surface area contributed by atoms with E-state index >= 15 is 0 Å². The predicted molar refractivity (Wildman–Crippen MR) is 101 cm³/mol. The van der Waals surface area contributed by atoms with Crippen LogP contribution in [-0.2, 0) is 4.74 Å². The number of hydrogen-bond acceptors (Lipinski definition) is 6. The summed E-state index contributed by atoms with van der Waals surface area (Å²) in [5, 5.41) is 20.5. The quantitative estimate of drug-likeness (QED) is 0.449. The van der Waals surface area contributed by atoms with Crippen molar-refractivity contribution in [2.45, 2.75) is 31.0 Å². The van der Waals surface area contributed by atoms with Gasteiger partial charge in [-0.05, 0) is 48.5 Å². The Morgan fingerprint density at radius 3 is 2.68 bits per heavy atom. The predicted octanol–water partition coefficient (Wildman–Crippen LogP) is 0.953. The lowest BCUT2D eigenvalue weighted by atomic mass is 10.1. The average molecular weight is 439 g/mol. The largest absolute Gasteiger partial charge is 0.388 e. The first kappa shape index (κ1) is 18.0. The monoisotopic (exact) mass is 439 g/mol. The Morgan fingerprint density at radius 1 is 1.45 bits per heavy atom. The number of aliphatic hydroxyl groups is 2. The molecule has 0 aromatic heterocycles. The molecule has 0 saturated carbocycles. The molecule has 0 aliphatic carbocycles. The highest BCUT2D eigenvalue weighted by molar-refractivity contribution is 14.1. The van der Waals surface area contributed by atoms with Gasteiger partial charge in [0.25, 0.3) is 0 Å². The smallest absolute Gasteiger partial charge is 0.164 e. The summed E-state index contributed by atoms with van der Waals surface area (Å²) in [5.41, 5.74) is 5.75. The molecule has 1 saturated heterocycles. The van der Waals surface area contributed by atoms with Crippen LogP contribution in [0.2, 0.25) is 0 Å².